The third kappa shape index (κ3) is 4.09. The molecule has 26 heavy (non-hydrogen) atoms. The zero-order chi connectivity index (χ0) is 18.7. The van der Waals surface area contributed by atoms with Crippen LogP contribution in [-0.2, 0) is 6.61 Å². The highest BCUT2D eigenvalue weighted by atomic mass is 35.5. The van der Waals surface area contributed by atoms with Crippen LogP contribution >= 0.6 is 11.6 Å². The molecule has 0 atom stereocenters. The van der Waals surface area contributed by atoms with Crippen LogP contribution in [0, 0.1) is 20.8 Å². The van der Waals surface area contributed by atoms with Gasteiger partial charge in [0.05, 0.1) is 0 Å². The minimum Gasteiger partial charge on any atom is -0.485 e. The number of furan rings is 1. The summed E-state index contributed by atoms with van der Waals surface area (Å²) in [4.78, 5) is 12.4. The number of amides is 1. The molecule has 0 saturated carbocycles. The highest BCUT2D eigenvalue weighted by Gasteiger charge is 2.13. The molecule has 0 radical (unpaired) electrons. The van der Waals surface area contributed by atoms with E-state index < -0.39 is 0 Å². The van der Waals surface area contributed by atoms with Crippen molar-refractivity contribution in [3.8, 4) is 5.75 Å². The van der Waals surface area contributed by atoms with Crippen LogP contribution in [0.25, 0.3) is 0 Å². The standard InChI is InChI=1S/C21H20ClNO3/c1-13-5-4-6-18(15(13)3)23-21(24)20-10-8-17(26-20)12-25-19-9-7-16(22)11-14(19)2/h4-11H,12H2,1-3H3,(H,23,24). The van der Waals surface area contributed by atoms with Gasteiger partial charge in [0.25, 0.3) is 5.91 Å². The second-order valence-electron chi connectivity index (χ2n) is 6.17. The maximum Gasteiger partial charge on any atom is 0.291 e. The fourth-order valence-corrected chi connectivity index (χ4v) is 2.80. The van der Waals surface area contributed by atoms with Gasteiger partial charge < -0.3 is 14.5 Å². The predicted octanol–water partition coefficient (Wildman–Crippen LogP) is 5.69. The smallest absolute Gasteiger partial charge is 0.291 e. The van der Waals surface area contributed by atoms with E-state index in [-0.39, 0.29) is 18.3 Å². The van der Waals surface area contributed by atoms with Crippen LogP contribution in [0.3, 0.4) is 0 Å². The Morgan fingerprint density at radius 3 is 2.65 bits per heavy atom. The molecule has 0 spiro atoms. The van der Waals surface area contributed by atoms with E-state index in [2.05, 4.69) is 5.32 Å². The van der Waals surface area contributed by atoms with E-state index in [4.69, 9.17) is 20.8 Å². The van der Waals surface area contributed by atoms with Crippen molar-refractivity contribution in [2.45, 2.75) is 27.4 Å². The van der Waals surface area contributed by atoms with Crippen molar-refractivity contribution >= 4 is 23.2 Å². The lowest BCUT2D eigenvalue weighted by Gasteiger charge is -2.09. The van der Waals surface area contributed by atoms with Crippen LogP contribution in [-0.4, -0.2) is 5.91 Å². The van der Waals surface area contributed by atoms with E-state index in [9.17, 15) is 4.79 Å². The Hall–Kier alpha value is -2.72. The molecule has 0 bridgehead atoms. The van der Waals surface area contributed by atoms with Crippen molar-refractivity contribution in [1.29, 1.82) is 0 Å². The minimum absolute atomic E-state index is 0.235. The Labute approximate surface area is 157 Å². The molecule has 1 N–H and O–H groups in total. The lowest BCUT2D eigenvalue weighted by molar-refractivity contribution is 0.0992. The summed E-state index contributed by atoms with van der Waals surface area (Å²) in [7, 11) is 0. The van der Waals surface area contributed by atoms with Gasteiger partial charge in [-0.1, -0.05) is 23.7 Å². The second kappa shape index (κ2) is 7.67. The lowest BCUT2D eigenvalue weighted by atomic mass is 10.1. The van der Waals surface area contributed by atoms with Crippen molar-refractivity contribution < 1.29 is 13.9 Å². The lowest BCUT2D eigenvalue weighted by Crippen LogP contribution is -2.12. The molecule has 1 aromatic heterocycles. The monoisotopic (exact) mass is 369 g/mol. The van der Waals surface area contributed by atoms with E-state index in [1.807, 2.05) is 51.1 Å². The van der Waals surface area contributed by atoms with Gasteiger partial charge in [-0.25, -0.2) is 0 Å². The maximum absolute atomic E-state index is 12.4. The molecular formula is C21H20ClNO3. The van der Waals surface area contributed by atoms with Crippen LogP contribution in [0.1, 0.15) is 33.0 Å². The zero-order valence-corrected chi connectivity index (χ0v) is 15.7. The van der Waals surface area contributed by atoms with Crippen molar-refractivity contribution in [3.63, 3.8) is 0 Å². The van der Waals surface area contributed by atoms with E-state index in [0.29, 0.717) is 10.8 Å². The number of nitrogens with one attached hydrogen (secondary N) is 1. The Kier molecular flexibility index (Phi) is 5.33. The largest absolute Gasteiger partial charge is 0.485 e. The summed E-state index contributed by atoms with van der Waals surface area (Å²) in [5.41, 5.74) is 3.88. The molecule has 0 aliphatic rings. The number of hydrogen-bond donors (Lipinski definition) is 1. The van der Waals surface area contributed by atoms with Crippen LogP contribution in [0.2, 0.25) is 5.02 Å². The van der Waals surface area contributed by atoms with E-state index in [1.54, 1.807) is 18.2 Å². The molecule has 2 aromatic carbocycles. The molecule has 0 aliphatic carbocycles. The molecular weight excluding hydrogens is 350 g/mol. The molecule has 0 aliphatic heterocycles. The number of ether oxygens (including phenoxy) is 1. The Bertz CT molecular complexity index is 946. The number of aryl methyl sites for hydroxylation is 2. The third-order valence-electron chi connectivity index (χ3n) is 4.25. The fourth-order valence-electron chi connectivity index (χ4n) is 2.57. The summed E-state index contributed by atoms with van der Waals surface area (Å²) in [6.07, 6.45) is 0. The molecule has 0 fully saturated rings. The number of hydrogen-bond acceptors (Lipinski definition) is 3. The molecule has 1 amide bonds. The van der Waals surface area contributed by atoms with Gasteiger partial charge in [-0.3, -0.25) is 4.79 Å². The average Bonchev–Trinajstić information content (AvgIpc) is 3.07. The first-order valence-electron chi connectivity index (χ1n) is 8.29. The average molecular weight is 370 g/mol. The van der Waals surface area contributed by atoms with Crippen LogP contribution in [0.4, 0.5) is 5.69 Å². The molecule has 3 rings (SSSR count). The highest BCUT2D eigenvalue weighted by Crippen LogP contribution is 2.23. The van der Waals surface area contributed by atoms with Gasteiger partial charge in [-0.15, -0.1) is 0 Å². The molecule has 0 saturated heterocycles. The molecule has 3 aromatic rings. The molecule has 0 unspecified atom stereocenters. The Balaban J connectivity index is 1.65. The highest BCUT2D eigenvalue weighted by molar-refractivity contribution is 6.30. The SMILES string of the molecule is Cc1cc(Cl)ccc1OCc1ccc(C(=O)Nc2cccc(C)c2C)o1. The van der Waals surface area contributed by atoms with Gasteiger partial charge in [0, 0.05) is 10.7 Å². The quantitative estimate of drug-likeness (QED) is 0.628. The normalized spacial score (nSPS) is 10.6. The summed E-state index contributed by atoms with van der Waals surface area (Å²) in [5, 5.41) is 3.55. The van der Waals surface area contributed by atoms with Crippen LogP contribution in [0.5, 0.6) is 5.75 Å². The second-order valence-corrected chi connectivity index (χ2v) is 6.60. The van der Waals surface area contributed by atoms with Gasteiger partial charge in [0.2, 0.25) is 0 Å². The Morgan fingerprint density at radius 1 is 1.08 bits per heavy atom. The van der Waals surface area contributed by atoms with Gasteiger partial charge in [0.1, 0.15) is 18.1 Å². The Morgan fingerprint density at radius 2 is 1.88 bits per heavy atom. The summed E-state index contributed by atoms with van der Waals surface area (Å²) < 4.78 is 11.3. The minimum atomic E-state index is -0.285. The first kappa shape index (κ1) is 18.1. The summed E-state index contributed by atoms with van der Waals surface area (Å²) >= 11 is 5.94. The number of benzene rings is 2. The topological polar surface area (TPSA) is 51.5 Å². The number of rotatable bonds is 5. The van der Waals surface area contributed by atoms with Gasteiger partial charge in [0.15, 0.2) is 5.76 Å². The van der Waals surface area contributed by atoms with Gasteiger partial charge in [-0.05, 0) is 73.9 Å². The number of anilines is 1. The van der Waals surface area contributed by atoms with Gasteiger partial charge >= 0.3 is 0 Å². The van der Waals surface area contributed by atoms with E-state index in [0.717, 1.165) is 28.1 Å². The summed E-state index contributed by atoms with van der Waals surface area (Å²) in [6, 6.07) is 14.6. The fraction of sp³-hybridized carbons (Fsp3) is 0.190. The zero-order valence-electron chi connectivity index (χ0n) is 14.9. The van der Waals surface area contributed by atoms with Crippen LogP contribution in [0.15, 0.2) is 52.9 Å². The van der Waals surface area contributed by atoms with Crippen molar-refractivity contribution in [2.75, 3.05) is 5.32 Å². The van der Waals surface area contributed by atoms with E-state index in [1.165, 1.54) is 0 Å². The third-order valence-corrected chi connectivity index (χ3v) is 4.48. The number of carbonyl (C=O) groups is 1. The first-order valence-corrected chi connectivity index (χ1v) is 8.67. The predicted molar refractivity (Wildman–Crippen MR) is 103 cm³/mol. The maximum atomic E-state index is 12.4. The molecule has 1 heterocycles. The van der Waals surface area contributed by atoms with E-state index >= 15 is 0 Å². The number of halogens is 1. The number of carbonyl (C=O) groups excluding carboxylic acids is 1. The van der Waals surface area contributed by atoms with Crippen molar-refractivity contribution in [2.24, 2.45) is 0 Å². The molecule has 5 heteroatoms. The summed E-state index contributed by atoms with van der Waals surface area (Å²) in [5.74, 6) is 1.27. The summed E-state index contributed by atoms with van der Waals surface area (Å²) in [6.45, 7) is 6.14. The molecule has 134 valence electrons. The molecule has 4 nitrogen and oxygen atoms in total. The van der Waals surface area contributed by atoms with Crippen molar-refractivity contribution in [3.05, 3.63) is 81.8 Å². The van der Waals surface area contributed by atoms with Crippen LogP contribution < -0.4 is 10.1 Å². The first-order chi connectivity index (χ1) is 12.4. The van der Waals surface area contributed by atoms with Crippen molar-refractivity contribution in [1.82, 2.24) is 0 Å². The van der Waals surface area contributed by atoms with Gasteiger partial charge in [-0.2, -0.15) is 0 Å².